The number of nitrogens with one attached hydrogen (secondary N) is 1. The summed E-state index contributed by atoms with van der Waals surface area (Å²) in [5.41, 5.74) is 3.76. The van der Waals surface area contributed by atoms with E-state index in [2.05, 4.69) is 5.32 Å². The van der Waals surface area contributed by atoms with Crippen molar-refractivity contribution in [2.45, 2.75) is 43.9 Å². The number of thioether (sulfide) groups is 1. The van der Waals surface area contributed by atoms with Crippen molar-refractivity contribution >= 4 is 29.5 Å². The lowest BCUT2D eigenvalue weighted by atomic mass is 9.67. The standard InChI is InChI=1S/C30H33NO6S/c1-6-36-29(33)24-17(3)31-23-16-22(18-8-12-20(35-4)13-9-18)26(30(34)37-7-2)28(32)27(23)25(24)19-10-14-21(38-5)15-11-19/h8-15,22,25-26,31H,6-7,16H2,1-5H3/t22-,25+,26+/m0/s1. The Labute approximate surface area is 227 Å². The second kappa shape index (κ2) is 11.9. The molecule has 8 heteroatoms. The van der Waals surface area contributed by atoms with E-state index in [0.717, 1.165) is 16.0 Å². The van der Waals surface area contributed by atoms with E-state index in [9.17, 15) is 14.4 Å². The minimum atomic E-state index is -1.04. The molecule has 0 saturated heterocycles. The molecule has 0 fully saturated rings. The van der Waals surface area contributed by atoms with E-state index in [-0.39, 0.29) is 19.0 Å². The molecule has 0 spiro atoms. The first-order valence-corrected chi connectivity index (χ1v) is 13.9. The van der Waals surface area contributed by atoms with Crippen LogP contribution in [0.1, 0.15) is 50.2 Å². The molecule has 0 unspecified atom stereocenters. The number of dihydropyridines is 1. The van der Waals surface area contributed by atoms with Crippen LogP contribution in [0, 0.1) is 5.92 Å². The summed E-state index contributed by atoms with van der Waals surface area (Å²) >= 11 is 1.61. The Morgan fingerprint density at radius 3 is 2.18 bits per heavy atom. The summed E-state index contributed by atoms with van der Waals surface area (Å²) in [6, 6.07) is 15.2. The number of benzene rings is 2. The highest BCUT2D eigenvalue weighted by atomic mass is 32.2. The van der Waals surface area contributed by atoms with E-state index in [1.807, 2.05) is 61.7 Å². The lowest BCUT2D eigenvalue weighted by Gasteiger charge is -2.39. The Hall–Kier alpha value is -3.52. The molecule has 0 bridgehead atoms. The highest BCUT2D eigenvalue weighted by Gasteiger charge is 2.49. The normalized spacial score (nSPS) is 21.0. The van der Waals surface area contributed by atoms with Crippen molar-refractivity contribution < 1.29 is 28.6 Å². The van der Waals surface area contributed by atoms with E-state index in [4.69, 9.17) is 14.2 Å². The smallest absolute Gasteiger partial charge is 0.336 e. The molecule has 4 rings (SSSR count). The largest absolute Gasteiger partial charge is 0.497 e. The lowest BCUT2D eigenvalue weighted by Crippen LogP contribution is -2.43. The van der Waals surface area contributed by atoms with Crippen molar-refractivity contribution in [2.75, 3.05) is 26.6 Å². The molecule has 2 aliphatic rings. The zero-order valence-electron chi connectivity index (χ0n) is 22.3. The fourth-order valence-corrected chi connectivity index (χ4v) is 5.72. The number of ketones is 1. The number of carbonyl (C=O) groups excluding carboxylic acids is 3. The first kappa shape index (κ1) is 27.5. The summed E-state index contributed by atoms with van der Waals surface area (Å²) in [6.45, 7) is 5.66. The maximum atomic E-state index is 14.3. The van der Waals surface area contributed by atoms with Gasteiger partial charge in [-0.1, -0.05) is 24.3 Å². The second-order valence-electron chi connectivity index (χ2n) is 9.16. The third kappa shape index (κ3) is 5.23. The number of Topliss-reactive ketones (excluding diaryl/α,β-unsaturated/α-hetero) is 1. The minimum absolute atomic E-state index is 0.161. The van der Waals surface area contributed by atoms with Gasteiger partial charge < -0.3 is 19.5 Å². The number of esters is 2. The molecule has 2 aromatic carbocycles. The van der Waals surface area contributed by atoms with E-state index in [1.54, 1.807) is 32.7 Å². The van der Waals surface area contributed by atoms with Gasteiger partial charge in [-0.3, -0.25) is 9.59 Å². The average Bonchev–Trinajstić information content (AvgIpc) is 2.92. The van der Waals surface area contributed by atoms with Crippen LogP contribution >= 0.6 is 11.8 Å². The fourth-order valence-electron chi connectivity index (χ4n) is 5.31. The van der Waals surface area contributed by atoms with Crippen molar-refractivity contribution in [3.8, 4) is 5.75 Å². The van der Waals surface area contributed by atoms with Crippen molar-refractivity contribution in [3.05, 3.63) is 82.2 Å². The van der Waals surface area contributed by atoms with Crippen LogP contribution < -0.4 is 10.1 Å². The van der Waals surface area contributed by atoms with Gasteiger partial charge in [-0.25, -0.2) is 4.79 Å². The van der Waals surface area contributed by atoms with Gasteiger partial charge in [0.05, 0.1) is 25.9 Å². The summed E-state index contributed by atoms with van der Waals surface area (Å²) in [5.74, 6) is -2.85. The number of ether oxygens (including phenoxy) is 3. The summed E-state index contributed by atoms with van der Waals surface area (Å²) < 4.78 is 16.1. The van der Waals surface area contributed by atoms with Crippen LogP contribution in [0.25, 0.3) is 0 Å². The van der Waals surface area contributed by atoms with Gasteiger partial charge in [0.15, 0.2) is 5.78 Å². The van der Waals surface area contributed by atoms with Gasteiger partial charge in [0, 0.05) is 33.7 Å². The molecule has 7 nitrogen and oxygen atoms in total. The zero-order valence-corrected chi connectivity index (χ0v) is 23.1. The van der Waals surface area contributed by atoms with E-state index in [1.165, 1.54) is 0 Å². The molecule has 0 aromatic heterocycles. The third-order valence-corrected chi connectivity index (χ3v) is 7.79. The molecule has 1 N–H and O–H groups in total. The van der Waals surface area contributed by atoms with Crippen LogP contribution in [0.5, 0.6) is 5.75 Å². The Balaban J connectivity index is 1.87. The lowest BCUT2D eigenvalue weighted by molar-refractivity contribution is -0.152. The Bertz CT molecular complexity index is 1280. The molecule has 2 aromatic rings. The van der Waals surface area contributed by atoms with Crippen LogP contribution in [0.2, 0.25) is 0 Å². The molecule has 200 valence electrons. The van der Waals surface area contributed by atoms with Crippen molar-refractivity contribution in [3.63, 3.8) is 0 Å². The Kier molecular flexibility index (Phi) is 8.62. The van der Waals surface area contributed by atoms with E-state index < -0.39 is 29.7 Å². The maximum absolute atomic E-state index is 14.3. The minimum Gasteiger partial charge on any atom is -0.497 e. The average molecular weight is 536 g/mol. The van der Waals surface area contributed by atoms with Crippen LogP contribution in [0.3, 0.4) is 0 Å². The summed E-state index contributed by atoms with van der Waals surface area (Å²) in [5, 5.41) is 3.33. The summed E-state index contributed by atoms with van der Waals surface area (Å²) in [7, 11) is 1.59. The predicted octanol–water partition coefficient (Wildman–Crippen LogP) is 5.13. The molecule has 0 amide bonds. The van der Waals surface area contributed by atoms with Gasteiger partial charge in [0.2, 0.25) is 0 Å². The van der Waals surface area contributed by atoms with Crippen LogP contribution in [-0.4, -0.2) is 44.3 Å². The van der Waals surface area contributed by atoms with E-state index in [0.29, 0.717) is 34.7 Å². The quantitative estimate of drug-likeness (QED) is 0.283. The van der Waals surface area contributed by atoms with Gasteiger partial charge >= 0.3 is 11.9 Å². The number of hydrogen-bond donors (Lipinski definition) is 1. The molecular weight excluding hydrogens is 502 g/mol. The SMILES string of the molecule is CCOC(=O)C1=C(C)NC2=C(C(=O)[C@H](C(=O)OCC)[C@H](c3ccc(OC)cc3)C2)[C@@H]1c1ccc(SC)cc1. The molecule has 1 aliphatic heterocycles. The van der Waals surface area contributed by atoms with Crippen LogP contribution in [0.4, 0.5) is 0 Å². The second-order valence-corrected chi connectivity index (χ2v) is 10.0. The van der Waals surface area contributed by atoms with Gasteiger partial charge in [0.1, 0.15) is 11.7 Å². The predicted molar refractivity (Wildman–Crippen MR) is 146 cm³/mol. The van der Waals surface area contributed by atoms with Crippen molar-refractivity contribution in [1.29, 1.82) is 0 Å². The number of methoxy groups -OCH3 is 1. The topological polar surface area (TPSA) is 90.9 Å². The summed E-state index contributed by atoms with van der Waals surface area (Å²) in [6.07, 6.45) is 2.39. The zero-order chi connectivity index (χ0) is 27.4. The third-order valence-electron chi connectivity index (χ3n) is 7.05. The molecular formula is C30H33NO6S. The highest BCUT2D eigenvalue weighted by Crippen LogP contribution is 2.48. The van der Waals surface area contributed by atoms with Gasteiger partial charge in [-0.15, -0.1) is 11.8 Å². The van der Waals surface area contributed by atoms with Crippen LogP contribution in [0.15, 0.2) is 76.0 Å². The molecule has 0 saturated carbocycles. The number of rotatable bonds is 8. The highest BCUT2D eigenvalue weighted by molar-refractivity contribution is 7.98. The molecule has 3 atom stereocenters. The fraction of sp³-hybridized carbons (Fsp3) is 0.367. The summed E-state index contributed by atoms with van der Waals surface area (Å²) in [4.78, 5) is 41.9. The number of carbonyl (C=O) groups is 3. The number of hydrogen-bond acceptors (Lipinski definition) is 8. The van der Waals surface area contributed by atoms with Crippen molar-refractivity contribution in [1.82, 2.24) is 5.32 Å². The maximum Gasteiger partial charge on any atom is 0.336 e. The molecule has 1 aliphatic carbocycles. The molecule has 1 heterocycles. The number of allylic oxidation sites excluding steroid dienone is 3. The van der Waals surface area contributed by atoms with Crippen molar-refractivity contribution in [2.24, 2.45) is 5.92 Å². The molecule has 0 radical (unpaired) electrons. The van der Waals surface area contributed by atoms with Gasteiger partial charge in [-0.05, 0) is 68.8 Å². The monoisotopic (exact) mass is 535 g/mol. The van der Waals surface area contributed by atoms with Gasteiger partial charge in [-0.2, -0.15) is 0 Å². The van der Waals surface area contributed by atoms with Crippen LogP contribution in [-0.2, 0) is 23.9 Å². The molecule has 38 heavy (non-hydrogen) atoms. The first-order valence-electron chi connectivity index (χ1n) is 12.7. The van der Waals surface area contributed by atoms with E-state index >= 15 is 0 Å². The Morgan fingerprint density at radius 1 is 0.974 bits per heavy atom. The Morgan fingerprint density at radius 2 is 1.61 bits per heavy atom. The first-order chi connectivity index (χ1) is 18.3. The van der Waals surface area contributed by atoms with Gasteiger partial charge in [0.25, 0.3) is 0 Å².